The van der Waals surface area contributed by atoms with Gasteiger partial charge >= 0.3 is 11.9 Å². The van der Waals surface area contributed by atoms with Gasteiger partial charge in [0, 0.05) is 6.08 Å². The Bertz CT molecular complexity index is 777. The molecule has 0 bridgehead atoms. The van der Waals surface area contributed by atoms with Gasteiger partial charge in [-0.15, -0.1) is 0 Å². The molecule has 0 aliphatic carbocycles. The molecule has 9 heteroatoms. The van der Waals surface area contributed by atoms with Crippen LogP contribution in [-0.2, 0) is 19.6 Å². The van der Waals surface area contributed by atoms with E-state index in [2.05, 4.69) is 4.40 Å². The Labute approximate surface area is 119 Å². The number of benzene rings is 1. The molecule has 8 nitrogen and oxygen atoms in total. The summed E-state index contributed by atoms with van der Waals surface area (Å²) in [5.41, 5.74) is -0.748. The normalized spacial score (nSPS) is 15.9. The summed E-state index contributed by atoms with van der Waals surface area (Å²) >= 11 is 0. The Hall–Kier alpha value is -2.68. The van der Waals surface area contributed by atoms with Crippen molar-refractivity contribution in [2.24, 2.45) is 4.40 Å². The zero-order valence-corrected chi connectivity index (χ0v) is 11.5. The summed E-state index contributed by atoms with van der Waals surface area (Å²) in [6.45, 7) is 0. The molecule has 21 heavy (non-hydrogen) atoms. The highest BCUT2D eigenvalue weighted by molar-refractivity contribution is 7.95. The summed E-state index contributed by atoms with van der Waals surface area (Å²) in [6.07, 6.45) is 0.648. The van der Waals surface area contributed by atoms with Crippen molar-refractivity contribution in [2.75, 3.05) is 7.11 Å². The highest BCUT2D eigenvalue weighted by atomic mass is 32.2. The SMILES string of the molecule is COc1ccccc1OC(=O)C1=CC(C(=O)O)=NS1(=O)=O. The Morgan fingerprint density at radius 2 is 1.81 bits per heavy atom. The van der Waals surface area contributed by atoms with Gasteiger partial charge in [-0.25, -0.2) is 9.59 Å². The van der Waals surface area contributed by atoms with Gasteiger partial charge in [-0.1, -0.05) is 12.1 Å². The molecule has 0 unspecified atom stereocenters. The minimum atomic E-state index is -4.37. The number of methoxy groups -OCH3 is 1. The summed E-state index contributed by atoms with van der Waals surface area (Å²) in [6, 6.07) is 6.10. The summed E-state index contributed by atoms with van der Waals surface area (Å²) in [5, 5.41) is 8.71. The lowest BCUT2D eigenvalue weighted by Crippen LogP contribution is -2.16. The second kappa shape index (κ2) is 5.37. The van der Waals surface area contributed by atoms with Gasteiger partial charge in [0.1, 0.15) is 0 Å². The number of carboxylic acid groups (broad SMARTS) is 1. The van der Waals surface area contributed by atoms with Crippen LogP contribution in [0.2, 0.25) is 0 Å². The number of nitrogens with zero attached hydrogens (tertiary/aromatic N) is 1. The monoisotopic (exact) mass is 311 g/mol. The topological polar surface area (TPSA) is 119 Å². The highest BCUT2D eigenvalue weighted by Crippen LogP contribution is 2.28. The maximum absolute atomic E-state index is 11.9. The van der Waals surface area contributed by atoms with Crippen LogP contribution >= 0.6 is 0 Å². The van der Waals surface area contributed by atoms with Gasteiger partial charge in [0.2, 0.25) is 0 Å². The molecule has 1 aromatic carbocycles. The zero-order chi connectivity index (χ0) is 15.6. The fourth-order valence-electron chi connectivity index (χ4n) is 1.52. The third kappa shape index (κ3) is 2.92. The number of esters is 1. The zero-order valence-electron chi connectivity index (χ0n) is 10.6. The molecule has 110 valence electrons. The van der Waals surface area contributed by atoms with E-state index in [0.717, 1.165) is 0 Å². The number of hydrogen-bond acceptors (Lipinski definition) is 6. The number of ether oxygens (including phenoxy) is 2. The van der Waals surface area contributed by atoms with Crippen LogP contribution in [0.25, 0.3) is 0 Å². The molecule has 0 atom stereocenters. The molecule has 1 aliphatic rings. The smallest absolute Gasteiger partial charge is 0.357 e. The Balaban J connectivity index is 2.30. The maximum Gasteiger partial charge on any atom is 0.357 e. The van der Waals surface area contributed by atoms with Gasteiger partial charge in [0.05, 0.1) is 7.11 Å². The van der Waals surface area contributed by atoms with E-state index in [4.69, 9.17) is 14.6 Å². The van der Waals surface area contributed by atoms with Crippen LogP contribution in [0.1, 0.15) is 0 Å². The van der Waals surface area contributed by atoms with E-state index in [-0.39, 0.29) is 11.5 Å². The first kappa shape index (κ1) is 14.7. The fraction of sp³-hybridized carbons (Fsp3) is 0.0833. The molecular weight excluding hydrogens is 302 g/mol. The van der Waals surface area contributed by atoms with E-state index < -0.39 is 32.6 Å². The van der Waals surface area contributed by atoms with Gasteiger partial charge in [-0.3, -0.25) is 0 Å². The largest absolute Gasteiger partial charge is 0.493 e. The molecule has 0 radical (unpaired) electrons. The molecule has 0 amide bonds. The first-order chi connectivity index (χ1) is 9.85. The average Bonchev–Trinajstić information content (AvgIpc) is 2.75. The number of carboxylic acids is 1. The fourth-order valence-corrected chi connectivity index (χ4v) is 2.52. The van der Waals surface area contributed by atoms with Crippen LogP contribution in [0.5, 0.6) is 11.5 Å². The molecule has 0 saturated carbocycles. The number of rotatable bonds is 4. The van der Waals surface area contributed by atoms with Gasteiger partial charge in [0.25, 0.3) is 10.0 Å². The molecule has 0 aromatic heterocycles. The van der Waals surface area contributed by atoms with Crippen LogP contribution in [-0.4, -0.2) is 38.3 Å². The van der Waals surface area contributed by atoms with Crippen molar-refractivity contribution < 1.29 is 32.6 Å². The van der Waals surface area contributed by atoms with Gasteiger partial charge < -0.3 is 14.6 Å². The van der Waals surface area contributed by atoms with Crippen LogP contribution in [0.4, 0.5) is 0 Å². The van der Waals surface area contributed by atoms with Crippen molar-refractivity contribution in [3.8, 4) is 11.5 Å². The molecule has 1 aliphatic heterocycles. The van der Waals surface area contributed by atoms with Crippen LogP contribution in [0, 0.1) is 0 Å². The lowest BCUT2D eigenvalue weighted by Gasteiger charge is -2.08. The van der Waals surface area contributed by atoms with Gasteiger partial charge in [-0.05, 0) is 12.1 Å². The first-order valence-corrected chi connectivity index (χ1v) is 6.94. The Kier molecular flexibility index (Phi) is 3.76. The molecule has 0 saturated heterocycles. The van der Waals surface area contributed by atoms with E-state index >= 15 is 0 Å². The number of aliphatic carboxylic acids is 1. The van der Waals surface area contributed by atoms with Gasteiger partial charge in [-0.2, -0.15) is 12.8 Å². The molecule has 2 rings (SSSR count). The molecule has 1 aromatic rings. The van der Waals surface area contributed by atoms with Crippen LogP contribution in [0.3, 0.4) is 0 Å². The van der Waals surface area contributed by atoms with Crippen molar-refractivity contribution in [3.05, 3.63) is 35.2 Å². The molecule has 0 spiro atoms. The highest BCUT2D eigenvalue weighted by Gasteiger charge is 2.34. The van der Waals surface area contributed by atoms with E-state index in [0.29, 0.717) is 6.08 Å². The Morgan fingerprint density at radius 1 is 1.19 bits per heavy atom. The number of sulfonamides is 1. The quantitative estimate of drug-likeness (QED) is 0.629. The van der Waals surface area contributed by atoms with Crippen molar-refractivity contribution in [1.29, 1.82) is 0 Å². The third-order valence-corrected chi connectivity index (χ3v) is 3.73. The summed E-state index contributed by atoms with van der Waals surface area (Å²) < 4.78 is 36.1. The lowest BCUT2D eigenvalue weighted by molar-refractivity contribution is -0.130. The van der Waals surface area contributed by atoms with Crippen LogP contribution < -0.4 is 9.47 Å². The van der Waals surface area contributed by atoms with E-state index in [9.17, 15) is 18.0 Å². The minimum absolute atomic E-state index is 0.00451. The molecular formula is C12H9NO7S. The van der Waals surface area contributed by atoms with Crippen molar-refractivity contribution in [2.45, 2.75) is 0 Å². The van der Waals surface area contributed by atoms with Gasteiger partial charge in [0.15, 0.2) is 22.1 Å². The molecule has 1 heterocycles. The third-order valence-electron chi connectivity index (χ3n) is 2.46. The number of carbonyl (C=O) groups excluding carboxylic acids is 1. The number of para-hydroxylation sites is 2. The number of hydrogen-bond donors (Lipinski definition) is 1. The second-order valence-corrected chi connectivity index (χ2v) is 5.38. The predicted molar refractivity (Wildman–Crippen MR) is 70.7 cm³/mol. The standard InChI is InChI=1S/C12H9NO7S/c1-19-8-4-2-3-5-9(8)20-12(16)10-6-7(11(14)15)13-21(10,17)18/h2-6H,1H3,(H,14,15). The maximum atomic E-state index is 11.9. The van der Waals surface area contributed by atoms with Crippen molar-refractivity contribution in [3.63, 3.8) is 0 Å². The molecule has 1 N–H and O–H groups in total. The summed E-state index contributed by atoms with van der Waals surface area (Å²) in [7, 11) is -3.02. The van der Waals surface area contributed by atoms with E-state index in [1.807, 2.05) is 0 Å². The summed E-state index contributed by atoms with van der Waals surface area (Å²) in [5.74, 6) is -2.57. The van der Waals surface area contributed by atoms with Crippen molar-refractivity contribution >= 4 is 27.7 Å². The average molecular weight is 311 g/mol. The Morgan fingerprint density at radius 3 is 2.33 bits per heavy atom. The predicted octanol–water partition coefficient (Wildman–Crippen LogP) is 0.353. The van der Waals surface area contributed by atoms with Crippen molar-refractivity contribution in [1.82, 2.24) is 0 Å². The summed E-state index contributed by atoms with van der Waals surface area (Å²) in [4.78, 5) is 21.7. The van der Waals surface area contributed by atoms with E-state index in [1.165, 1.54) is 19.2 Å². The minimum Gasteiger partial charge on any atom is -0.493 e. The second-order valence-electron chi connectivity index (χ2n) is 3.81. The van der Waals surface area contributed by atoms with Crippen LogP contribution in [0.15, 0.2) is 39.6 Å². The first-order valence-electron chi connectivity index (χ1n) is 5.50. The number of carbonyl (C=O) groups is 2. The van der Waals surface area contributed by atoms with E-state index in [1.54, 1.807) is 12.1 Å². The lowest BCUT2D eigenvalue weighted by atomic mass is 10.3. The molecule has 0 fully saturated rings.